The van der Waals surface area contributed by atoms with Crippen molar-refractivity contribution in [2.75, 3.05) is 0 Å². The van der Waals surface area contributed by atoms with E-state index in [1.807, 2.05) is 18.2 Å². The first-order valence-electron chi connectivity index (χ1n) is 6.10. The molecular formula is C17H18BrN. The Morgan fingerprint density at radius 1 is 1.32 bits per heavy atom. The van der Waals surface area contributed by atoms with Gasteiger partial charge in [-0.1, -0.05) is 62.3 Å². The van der Waals surface area contributed by atoms with E-state index < -0.39 is 0 Å². The summed E-state index contributed by atoms with van der Waals surface area (Å²) < 4.78 is 0.581. The highest BCUT2D eigenvalue weighted by atomic mass is 79.9. The highest BCUT2D eigenvalue weighted by Gasteiger charge is 2.00. The Labute approximate surface area is 124 Å². The van der Waals surface area contributed by atoms with Gasteiger partial charge in [-0.2, -0.15) is 0 Å². The summed E-state index contributed by atoms with van der Waals surface area (Å²) in [6.45, 7) is 11.2. The Morgan fingerprint density at radius 3 is 2.63 bits per heavy atom. The molecule has 1 rings (SSSR count). The Balaban J connectivity index is 3.02. The second-order valence-electron chi connectivity index (χ2n) is 3.95. The molecule has 0 radical (unpaired) electrons. The van der Waals surface area contributed by atoms with Crippen LogP contribution in [0.1, 0.15) is 12.8 Å². The molecule has 0 saturated carbocycles. The van der Waals surface area contributed by atoms with Crippen LogP contribution in [0.3, 0.4) is 0 Å². The summed E-state index contributed by atoms with van der Waals surface area (Å²) in [5.41, 5.74) is 2.91. The summed E-state index contributed by atoms with van der Waals surface area (Å²) in [5.74, 6) is 0. The second kappa shape index (κ2) is 8.44. The number of hydrogen-bond acceptors (Lipinski definition) is 1. The Bertz CT molecular complexity index is 513. The molecule has 0 spiro atoms. The van der Waals surface area contributed by atoms with Crippen molar-refractivity contribution in [1.29, 1.82) is 0 Å². The number of nitrogens with zero attached hydrogens (tertiary/aromatic N) is 1. The van der Waals surface area contributed by atoms with Crippen LogP contribution in [-0.2, 0) is 0 Å². The lowest BCUT2D eigenvalue weighted by Gasteiger charge is -2.04. The van der Waals surface area contributed by atoms with E-state index in [0.717, 1.165) is 24.1 Å². The van der Waals surface area contributed by atoms with E-state index in [1.54, 1.807) is 12.2 Å². The van der Waals surface area contributed by atoms with Crippen molar-refractivity contribution in [3.63, 3.8) is 0 Å². The summed E-state index contributed by atoms with van der Waals surface area (Å²) in [7, 11) is 0. The third kappa shape index (κ3) is 5.66. The first-order valence-corrected chi connectivity index (χ1v) is 6.90. The van der Waals surface area contributed by atoms with Crippen LogP contribution >= 0.6 is 15.9 Å². The summed E-state index contributed by atoms with van der Waals surface area (Å²) in [5, 5.41) is 0. The molecule has 0 aliphatic heterocycles. The molecular weight excluding hydrogens is 298 g/mol. The van der Waals surface area contributed by atoms with Gasteiger partial charge in [0.05, 0.1) is 10.3 Å². The highest BCUT2D eigenvalue weighted by molar-refractivity contribution is 9.11. The van der Waals surface area contributed by atoms with Crippen molar-refractivity contribution in [2.45, 2.75) is 12.8 Å². The lowest BCUT2D eigenvalue weighted by molar-refractivity contribution is 1.03. The maximum absolute atomic E-state index is 4.36. The van der Waals surface area contributed by atoms with Crippen molar-refractivity contribution in [3.8, 4) is 0 Å². The Kier molecular flexibility index (Phi) is 6.83. The maximum atomic E-state index is 4.36. The molecule has 0 saturated heterocycles. The van der Waals surface area contributed by atoms with Crippen LogP contribution < -0.4 is 0 Å². The number of aliphatic imine (C=N–C) groups is 1. The van der Waals surface area contributed by atoms with E-state index in [-0.39, 0.29) is 0 Å². The number of hydrogen-bond donors (Lipinski definition) is 0. The van der Waals surface area contributed by atoms with Crippen molar-refractivity contribution in [3.05, 3.63) is 84.1 Å². The number of allylic oxidation sites excluding steroid dienone is 10. The smallest absolute Gasteiger partial charge is 0.0991 e. The molecule has 0 fully saturated rings. The average molecular weight is 316 g/mol. The Hall–Kier alpha value is -1.67. The molecule has 0 unspecified atom stereocenters. The molecule has 0 aromatic rings. The molecule has 0 aromatic heterocycles. The fraction of sp³-hybridized carbons (Fsp3) is 0.118. The van der Waals surface area contributed by atoms with Crippen molar-refractivity contribution < 1.29 is 0 Å². The average Bonchev–Trinajstić information content (AvgIpc) is 2.42. The van der Waals surface area contributed by atoms with E-state index in [4.69, 9.17) is 0 Å². The van der Waals surface area contributed by atoms with Gasteiger partial charge in [-0.3, -0.25) is 0 Å². The van der Waals surface area contributed by atoms with Crippen molar-refractivity contribution in [1.82, 2.24) is 0 Å². The standard InChI is InChI=1S/C17H18BrN/c1-4-9-16(5-2)17(19-14(3)18)13-12-15-10-7-6-8-11-15/h4-5,7,9-13H,1-3,6,8H2. The quantitative estimate of drug-likeness (QED) is 0.352. The fourth-order valence-corrected chi connectivity index (χ4v) is 1.84. The molecule has 0 aromatic carbocycles. The lowest BCUT2D eigenvalue weighted by Crippen LogP contribution is -1.97. The zero-order valence-corrected chi connectivity index (χ0v) is 12.6. The summed E-state index contributed by atoms with van der Waals surface area (Å²) >= 11 is 3.26. The predicted molar refractivity (Wildman–Crippen MR) is 89.6 cm³/mol. The minimum absolute atomic E-state index is 0.581. The summed E-state index contributed by atoms with van der Waals surface area (Å²) in [6, 6.07) is 0. The topological polar surface area (TPSA) is 12.4 Å². The summed E-state index contributed by atoms with van der Waals surface area (Å²) in [6.07, 6.45) is 18.1. The van der Waals surface area contributed by atoms with Crippen LogP contribution in [0.15, 0.2) is 89.1 Å². The van der Waals surface area contributed by atoms with Crippen LogP contribution in [0.2, 0.25) is 0 Å². The van der Waals surface area contributed by atoms with Crippen LogP contribution in [0.25, 0.3) is 0 Å². The minimum Gasteiger partial charge on any atom is -0.242 e. The van der Waals surface area contributed by atoms with Crippen LogP contribution in [0, 0.1) is 0 Å². The third-order valence-electron chi connectivity index (χ3n) is 2.51. The van der Waals surface area contributed by atoms with Gasteiger partial charge in [0, 0.05) is 0 Å². The first-order chi connectivity index (χ1) is 9.17. The normalized spacial score (nSPS) is 16.4. The van der Waals surface area contributed by atoms with Gasteiger partial charge in [-0.25, -0.2) is 4.99 Å². The molecule has 1 nitrogen and oxygen atoms in total. The van der Waals surface area contributed by atoms with Gasteiger partial charge in [0.1, 0.15) is 0 Å². The third-order valence-corrected chi connectivity index (χ3v) is 2.69. The summed E-state index contributed by atoms with van der Waals surface area (Å²) in [4.78, 5) is 4.36. The molecule has 0 N–H and O–H groups in total. The Morgan fingerprint density at radius 2 is 2.11 bits per heavy atom. The molecule has 2 heteroatoms. The zero-order chi connectivity index (χ0) is 14.1. The van der Waals surface area contributed by atoms with Gasteiger partial charge < -0.3 is 0 Å². The largest absolute Gasteiger partial charge is 0.242 e. The minimum atomic E-state index is 0.581. The SMILES string of the molecule is C=CC=C(C=C)C(C=CC1=CCCC=C1)=NC(=C)Br. The fourth-order valence-electron chi connectivity index (χ4n) is 1.65. The van der Waals surface area contributed by atoms with Crippen molar-refractivity contribution >= 4 is 21.6 Å². The molecule has 19 heavy (non-hydrogen) atoms. The van der Waals surface area contributed by atoms with E-state index in [1.165, 1.54) is 5.57 Å². The van der Waals surface area contributed by atoms with E-state index in [0.29, 0.717) is 4.61 Å². The molecule has 0 heterocycles. The first kappa shape index (κ1) is 15.4. The van der Waals surface area contributed by atoms with Gasteiger partial charge >= 0.3 is 0 Å². The molecule has 0 amide bonds. The highest BCUT2D eigenvalue weighted by Crippen LogP contribution is 2.14. The molecule has 1 aliphatic rings. The van der Waals surface area contributed by atoms with Crippen molar-refractivity contribution in [2.24, 2.45) is 4.99 Å². The van der Waals surface area contributed by atoms with E-state index >= 15 is 0 Å². The van der Waals surface area contributed by atoms with E-state index in [2.05, 4.69) is 58.9 Å². The molecule has 0 bridgehead atoms. The predicted octanol–water partition coefficient (Wildman–Crippen LogP) is 5.42. The molecule has 1 aliphatic carbocycles. The second-order valence-corrected chi connectivity index (χ2v) is 4.87. The number of halogens is 1. The van der Waals surface area contributed by atoms with Gasteiger partial charge in [0.15, 0.2) is 0 Å². The lowest BCUT2D eigenvalue weighted by atomic mass is 10.0. The van der Waals surface area contributed by atoms with Gasteiger partial charge in [0.2, 0.25) is 0 Å². The molecule has 0 atom stereocenters. The number of rotatable bonds is 6. The van der Waals surface area contributed by atoms with Crippen LogP contribution in [0.5, 0.6) is 0 Å². The monoisotopic (exact) mass is 315 g/mol. The van der Waals surface area contributed by atoms with Gasteiger partial charge in [-0.05, 0) is 46.0 Å². The van der Waals surface area contributed by atoms with Crippen LogP contribution in [-0.4, -0.2) is 5.71 Å². The van der Waals surface area contributed by atoms with E-state index in [9.17, 15) is 0 Å². The van der Waals surface area contributed by atoms with Gasteiger partial charge in [0.25, 0.3) is 0 Å². The van der Waals surface area contributed by atoms with Gasteiger partial charge in [-0.15, -0.1) is 0 Å². The maximum Gasteiger partial charge on any atom is 0.0991 e. The zero-order valence-electron chi connectivity index (χ0n) is 11.0. The van der Waals surface area contributed by atoms with Crippen LogP contribution in [0.4, 0.5) is 0 Å². The molecule has 98 valence electrons.